The molecule has 6 heteroatoms. The van der Waals surface area contributed by atoms with Gasteiger partial charge in [0, 0.05) is 42.4 Å². The van der Waals surface area contributed by atoms with E-state index < -0.39 is 0 Å². The largest absolute Gasteiger partial charge is 0.381 e. The van der Waals surface area contributed by atoms with E-state index in [1.807, 2.05) is 23.1 Å². The first-order valence-corrected chi connectivity index (χ1v) is 9.44. The molecule has 1 aromatic rings. The van der Waals surface area contributed by atoms with Crippen LogP contribution in [0.5, 0.6) is 0 Å². The molecule has 2 aliphatic heterocycles. The van der Waals surface area contributed by atoms with E-state index in [0.717, 1.165) is 74.0 Å². The molecule has 0 radical (unpaired) electrons. The summed E-state index contributed by atoms with van der Waals surface area (Å²) in [6.45, 7) is 3.09. The van der Waals surface area contributed by atoms with Crippen molar-refractivity contribution in [1.29, 1.82) is 0 Å². The third kappa shape index (κ3) is 4.78. The maximum atomic E-state index is 12.4. The summed E-state index contributed by atoms with van der Waals surface area (Å²) in [5.74, 6) is 0.549. The SMILES string of the molecule is O=C(NC1CCOCC1)N1CCC(Cc2cc(Cl)ccc2Cl)CC1. The van der Waals surface area contributed by atoms with Crippen LogP contribution < -0.4 is 5.32 Å². The highest BCUT2D eigenvalue weighted by Crippen LogP contribution is 2.27. The molecule has 3 rings (SSSR count). The first kappa shape index (κ1) is 17.8. The predicted octanol–water partition coefficient (Wildman–Crippen LogP) is 4.14. The quantitative estimate of drug-likeness (QED) is 0.868. The fraction of sp³-hybridized carbons (Fsp3) is 0.611. The fourth-order valence-corrected chi connectivity index (χ4v) is 3.85. The molecule has 0 saturated carbocycles. The van der Waals surface area contributed by atoms with Crippen LogP contribution in [0.2, 0.25) is 10.0 Å². The lowest BCUT2D eigenvalue weighted by molar-refractivity contribution is 0.0771. The average molecular weight is 371 g/mol. The molecule has 0 aromatic heterocycles. The van der Waals surface area contributed by atoms with Crippen molar-refractivity contribution in [2.45, 2.75) is 38.1 Å². The zero-order chi connectivity index (χ0) is 16.9. The molecule has 24 heavy (non-hydrogen) atoms. The van der Waals surface area contributed by atoms with Crippen LogP contribution in [-0.2, 0) is 11.2 Å². The number of carbonyl (C=O) groups excluding carboxylic acids is 1. The molecular weight excluding hydrogens is 347 g/mol. The number of rotatable bonds is 3. The minimum Gasteiger partial charge on any atom is -0.381 e. The number of hydrogen-bond acceptors (Lipinski definition) is 2. The van der Waals surface area contributed by atoms with E-state index in [0.29, 0.717) is 5.92 Å². The van der Waals surface area contributed by atoms with Gasteiger partial charge in [0.25, 0.3) is 0 Å². The third-order valence-electron chi connectivity index (χ3n) is 4.97. The molecule has 4 nitrogen and oxygen atoms in total. The van der Waals surface area contributed by atoms with E-state index in [1.165, 1.54) is 0 Å². The number of amides is 2. The topological polar surface area (TPSA) is 41.6 Å². The molecule has 0 aliphatic carbocycles. The Labute approximate surface area is 153 Å². The molecule has 2 saturated heterocycles. The van der Waals surface area contributed by atoms with Gasteiger partial charge >= 0.3 is 6.03 Å². The number of halogens is 2. The first-order valence-electron chi connectivity index (χ1n) is 8.69. The van der Waals surface area contributed by atoms with Crippen LogP contribution in [0.3, 0.4) is 0 Å². The summed E-state index contributed by atoms with van der Waals surface area (Å²) in [6.07, 6.45) is 4.76. The smallest absolute Gasteiger partial charge is 0.317 e. The second-order valence-electron chi connectivity index (χ2n) is 6.71. The van der Waals surface area contributed by atoms with Crippen LogP contribution in [0.1, 0.15) is 31.2 Å². The van der Waals surface area contributed by atoms with Crippen molar-refractivity contribution in [1.82, 2.24) is 10.2 Å². The van der Waals surface area contributed by atoms with Crippen LogP contribution in [0, 0.1) is 5.92 Å². The van der Waals surface area contributed by atoms with Crippen molar-refractivity contribution < 1.29 is 9.53 Å². The molecule has 2 aliphatic rings. The van der Waals surface area contributed by atoms with E-state index in [9.17, 15) is 4.79 Å². The van der Waals surface area contributed by atoms with Crippen molar-refractivity contribution in [2.24, 2.45) is 5.92 Å². The number of urea groups is 1. The monoisotopic (exact) mass is 370 g/mol. The highest BCUT2D eigenvalue weighted by Gasteiger charge is 2.25. The molecule has 1 N–H and O–H groups in total. The minimum absolute atomic E-state index is 0.0705. The summed E-state index contributed by atoms with van der Waals surface area (Å²) in [7, 11) is 0. The Bertz CT molecular complexity index is 568. The van der Waals surface area contributed by atoms with E-state index in [-0.39, 0.29) is 12.1 Å². The Morgan fingerprint density at radius 3 is 2.58 bits per heavy atom. The molecule has 0 atom stereocenters. The molecule has 0 spiro atoms. The van der Waals surface area contributed by atoms with Gasteiger partial charge in [-0.05, 0) is 61.8 Å². The Hall–Kier alpha value is -0.970. The maximum absolute atomic E-state index is 12.4. The lowest BCUT2D eigenvalue weighted by Gasteiger charge is -2.34. The summed E-state index contributed by atoms with van der Waals surface area (Å²) in [4.78, 5) is 14.3. The van der Waals surface area contributed by atoms with Crippen molar-refractivity contribution in [2.75, 3.05) is 26.3 Å². The first-order chi connectivity index (χ1) is 11.6. The molecule has 0 unspecified atom stereocenters. The van der Waals surface area contributed by atoms with Gasteiger partial charge in [-0.2, -0.15) is 0 Å². The summed E-state index contributed by atoms with van der Waals surface area (Å²) in [5.41, 5.74) is 1.11. The minimum atomic E-state index is 0.0705. The van der Waals surface area contributed by atoms with Crippen molar-refractivity contribution in [3.05, 3.63) is 33.8 Å². The maximum Gasteiger partial charge on any atom is 0.317 e. The van der Waals surface area contributed by atoms with Crippen LogP contribution in [0.25, 0.3) is 0 Å². The van der Waals surface area contributed by atoms with Gasteiger partial charge < -0.3 is 15.0 Å². The van der Waals surface area contributed by atoms with Crippen LogP contribution in [-0.4, -0.2) is 43.3 Å². The number of nitrogens with one attached hydrogen (secondary N) is 1. The van der Waals surface area contributed by atoms with Crippen LogP contribution in [0.4, 0.5) is 4.79 Å². The standard InChI is InChI=1S/C18H24Cl2N2O2/c19-15-1-2-17(20)14(12-15)11-13-3-7-22(8-4-13)18(23)21-16-5-9-24-10-6-16/h1-2,12-13,16H,3-11H2,(H,21,23). The molecule has 2 fully saturated rings. The summed E-state index contributed by atoms with van der Waals surface area (Å²) in [5, 5.41) is 4.64. The van der Waals surface area contributed by atoms with Crippen molar-refractivity contribution in [3.63, 3.8) is 0 Å². The summed E-state index contributed by atoms with van der Waals surface area (Å²) < 4.78 is 5.33. The normalized spacial score (nSPS) is 20.2. The number of hydrogen-bond donors (Lipinski definition) is 1. The Morgan fingerprint density at radius 2 is 1.88 bits per heavy atom. The second kappa shape index (κ2) is 8.41. The van der Waals surface area contributed by atoms with Gasteiger partial charge in [-0.25, -0.2) is 4.79 Å². The van der Waals surface area contributed by atoms with E-state index in [1.54, 1.807) is 0 Å². The number of piperidine rings is 1. The number of benzene rings is 1. The van der Waals surface area contributed by atoms with Gasteiger partial charge in [0.2, 0.25) is 0 Å². The number of likely N-dealkylation sites (tertiary alicyclic amines) is 1. The average Bonchev–Trinajstić information content (AvgIpc) is 2.60. The predicted molar refractivity (Wildman–Crippen MR) is 96.8 cm³/mol. The van der Waals surface area contributed by atoms with Crippen LogP contribution >= 0.6 is 23.2 Å². The van der Waals surface area contributed by atoms with Gasteiger partial charge in [-0.1, -0.05) is 23.2 Å². The zero-order valence-corrected chi connectivity index (χ0v) is 15.3. The van der Waals surface area contributed by atoms with E-state index in [4.69, 9.17) is 27.9 Å². The number of ether oxygens (including phenoxy) is 1. The Morgan fingerprint density at radius 1 is 1.17 bits per heavy atom. The lowest BCUT2D eigenvalue weighted by Crippen LogP contribution is -2.49. The zero-order valence-electron chi connectivity index (χ0n) is 13.8. The molecule has 132 valence electrons. The second-order valence-corrected chi connectivity index (χ2v) is 7.55. The molecule has 1 aromatic carbocycles. The van der Waals surface area contributed by atoms with Crippen molar-refractivity contribution >= 4 is 29.2 Å². The number of nitrogens with zero attached hydrogens (tertiary/aromatic N) is 1. The fourth-order valence-electron chi connectivity index (χ4n) is 3.46. The Kier molecular flexibility index (Phi) is 6.25. The highest BCUT2D eigenvalue weighted by atomic mass is 35.5. The Balaban J connectivity index is 1.46. The van der Waals surface area contributed by atoms with Gasteiger partial charge in [-0.15, -0.1) is 0 Å². The van der Waals surface area contributed by atoms with Gasteiger partial charge in [0.05, 0.1) is 0 Å². The van der Waals surface area contributed by atoms with Crippen LogP contribution in [0.15, 0.2) is 18.2 Å². The molecule has 2 heterocycles. The summed E-state index contributed by atoms with van der Waals surface area (Å²) in [6, 6.07) is 5.95. The van der Waals surface area contributed by atoms with Gasteiger partial charge in [-0.3, -0.25) is 0 Å². The van der Waals surface area contributed by atoms with Gasteiger partial charge in [0.15, 0.2) is 0 Å². The van der Waals surface area contributed by atoms with E-state index in [2.05, 4.69) is 5.32 Å². The van der Waals surface area contributed by atoms with Gasteiger partial charge in [0.1, 0.15) is 0 Å². The lowest BCUT2D eigenvalue weighted by atomic mass is 9.90. The molecule has 2 amide bonds. The molecule has 0 bridgehead atoms. The molecular formula is C18H24Cl2N2O2. The third-order valence-corrected chi connectivity index (χ3v) is 5.57. The van der Waals surface area contributed by atoms with Crippen molar-refractivity contribution in [3.8, 4) is 0 Å². The number of carbonyl (C=O) groups is 1. The van der Waals surface area contributed by atoms with E-state index >= 15 is 0 Å². The summed E-state index contributed by atoms with van der Waals surface area (Å²) >= 11 is 12.3. The highest BCUT2D eigenvalue weighted by molar-refractivity contribution is 6.33.